The molecule has 1 saturated heterocycles. The summed E-state index contributed by atoms with van der Waals surface area (Å²) in [4.78, 5) is 13.2. The maximum Gasteiger partial charge on any atom is 0.343 e. The zero-order chi connectivity index (χ0) is 21.3. The fraction of sp³-hybridized carbons (Fsp3) is 0.682. The highest BCUT2D eigenvalue weighted by atomic mass is 35.5. The van der Waals surface area contributed by atoms with E-state index < -0.39 is 29.8 Å². The van der Waals surface area contributed by atoms with Gasteiger partial charge in [-0.3, -0.25) is 0 Å². The van der Waals surface area contributed by atoms with Gasteiger partial charge in [-0.25, -0.2) is 13.6 Å². The molecule has 1 saturated carbocycles. The molecule has 1 aromatic carbocycles. The van der Waals surface area contributed by atoms with Crippen LogP contribution in [0.5, 0.6) is 0 Å². The first-order valence-corrected chi connectivity index (χ1v) is 10.9. The molecule has 1 aromatic rings. The van der Waals surface area contributed by atoms with Crippen LogP contribution in [0.2, 0.25) is 5.02 Å². The Morgan fingerprint density at radius 1 is 1.21 bits per heavy atom. The molecule has 0 amide bonds. The number of piperidine rings is 1. The molecule has 1 N–H and O–H groups in total. The van der Waals surface area contributed by atoms with Gasteiger partial charge in [0.15, 0.2) is 5.60 Å². The fourth-order valence-corrected chi connectivity index (χ4v) is 4.96. The van der Waals surface area contributed by atoms with Crippen molar-refractivity contribution in [3.8, 4) is 0 Å². The average Bonchev–Trinajstić information content (AvgIpc) is 3.09. The largest absolute Gasteiger partial charge is 0.460 e. The molecule has 0 spiro atoms. The SMILES string of the molecule is CC[N+]1(CC)CCC(OC(=O)[C@](O)(c2ccc(Cl)cc2)[C@@H]2CCC(F)(F)C2)CC1. The number of aliphatic hydroxyl groups is 1. The lowest BCUT2D eigenvalue weighted by atomic mass is 9.80. The van der Waals surface area contributed by atoms with Gasteiger partial charge in [0.05, 0.1) is 26.2 Å². The maximum absolute atomic E-state index is 13.9. The van der Waals surface area contributed by atoms with Crippen LogP contribution < -0.4 is 0 Å². The van der Waals surface area contributed by atoms with E-state index in [0.717, 1.165) is 30.7 Å². The topological polar surface area (TPSA) is 46.5 Å². The van der Waals surface area contributed by atoms with Crippen molar-refractivity contribution in [1.29, 1.82) is 0 Å². The van der Waals surface area contributed by atoms with Crippen LogP contribution in [0.4, 0.5) is 8.78 Å². The predicted octanol–water partition coefficient (Wildman–Crippen LogP) is 4.53. The Kier molecular flexibility index (Phi) is 6.56. The molecule has 29 heavy (non-hydrogen) atoms. The van der Waals surface area contributed by atoms with Crippen LogP contribution in [0.15, 0.2) is 24.3 Å². The first-order valence-electron chi connectivity index (χ1n) is 10.6. The lowest BCUT2D eigenvalue weighted by Crippen LogP contribution is -2.55. The van der Waals surface area contributed by atoms with Gasteiger partial charge in [0.2, 0.25) is 5.92 Å². The van der Waals surface area contributed by atoms with E-state index in [1.54, 1.807) is 12.1 Å². The summed E-state index contributed by atoms with van der Waals surface area (Å²) >= 11 is 5.94. The molecular weight excluding hydrogens is 400 g/mol. The Bertz CT molecular complexity index is 713. The molecule has 2 aliphatic rings. The number of benzene rings is 1. The fourth-order valence-electron chi connectivity index (χ4n) is 4.84. The Morgan fingerprint density at radius 2 is 1.79 bits per heavy atom. The van der Waals surface area contributed by atoms with Crippen LogP contribution in [0, 0.1) is 5.92 Å². The standard InChI is InChI=1S/C22H31ClF2NO3/c1-3-26(4-2)13-10-19(11-14-26)29-20(27)22(28,16-5-7-18(23)8-6-16)17-9-12-21(24,25)15-17/h5-8,17,19,28H,3-4,9-15H2,1-2H3/q+1/t17-,22+/m1/s1. The quantitative estimate of drug-likeness (QED) is 0.533. The van der Waals surface area contributed by atoms with Crippen LogP contribution >= 0.6 is 11.6 Å². The minimum atomic E-state index is -2.88. The molecule has 2 fully saturated rings. The molecule has 7 heteroatoms. The van der Waals surface area contributed by atoms with Crippen LogP contribution in [-0.4, -0.2) is 53.8 Å². The van der Waals surface area contributed by atoms with Crippen LogP contribution in [0.1, 0.15) is 51.5 Å². The number of ether oxygens (including phenoxy) is 1. The van der Waals surface area contributed by atoms with E-state index in [1.165, 1.54) is 12.1 Å². The van der Waals surface area contributed by atoms with Gasteiger partial charge < -0.3 is 14.3 Å². The number of likely N-dealkylation sites (tertiary alicyclic amines) is 1. The summed E-state index contributed by atoms with van der Waals surface area (Å²) in [7, 11) is 0. The number of carbonyl (C=O) groups is 1. The second-order valence-electron chi connectivity index (χ2n) is 8.59. The molecule has 1 aliphatic heterocycles. The van der Waals surface area contributed by atoms with Crippen molar-refractivity contribution < 1.29 is 27.9 Å². The normalized spacial score (nSPS) is 26.1. The molecule has 4 nitrogen and oxygen atoms in total. The number of alkyl halides is 2. The van der Waals surface area contributed by atoms with E-state index in [9.17, 15) is 18.7 Å². The van der Waals surface area contributed by atoms with E-state index in [2.05, 4.69) is 13.8 Å². The molecule has 0 bridgehead atoms. The summed E-state index contributed by atoms with van der Waals surface area (Å²) in [5, 5.41) is 11.9. The highest BCUT2D eigenvalue weighted by molar-refractivity contribution is 6.30. The van der Waals surface area contributed by atoms with E-state index in [4.69, 9.17) is 16.3 Å². The van der Waals surface area contributed by atoms with Gasteiger partial charge in [-0.1, -0.05) is 23.7 Å². The van der Waals surface area contributed by atoms with E-state index in [0.29, 0.717) is 17.9 Å². The molecule has 1 heterocycles. The number of quaternary nitrogens is 1. The molecule has 0 aromatic heterocycles. The molecule has 2 atom stereocenters. The van der Waals surface area contributed by atoms with Gasteiger partial charge >= 0.3 is 5.97 Å². The molecule has 0 unspecified atom stereocenters. The van der Waals surface area contributed by atoms with Gasteiger partial charge in [0.25, 0.3) is 0 Å². The zero-order valence-corrected chi connectivity index (χ0v) is 17.9. The van der Waals surface area contributed by atoms with Gasteiger partial charge in [-0.15, -0.1) is 0 Å². The number of nitrogens with zero attached hydrogens (tertiary/aromatic N) is 1. The smallest absolute Gasteiger partial charge is 0.343 e. The van der Waals surface area contributed by atoms with E-state index in [-0.39, 0.29) is 24.5 Å². The monoisotopic (exact) mass is 430 g/mol. The predicted molar refractivity (Wildman–Crippen MR) is 108 cm³/mol. The van der Waals surface area contributed by atoms with Crippen LogP contribution in [0.3, 0.4) is 0 Å². The Hall–Kier alpha value is -1.24. The van der Waals surface area contributed by atoms with Gasteiger partial charge in [-0.2, -0.15) is 0 Å². The van der Waals surface area contributed by atoms with Crippen LogP contribution in [0.25, 0.3) is 0 Å². The number of hydrogen-bond donors (Lipinski definition) is 1. The van der Waals surface area contributed by atoms with Crippen LogP contribution in [-0.2, 0) is 15.1 Å². The molecule has 1 aliphatic carbocycles. The van der Waals surface area contributed by atoms with Gasteiger partial charge in [0.1, 0.15) is 6.10 Å². The summed E-state index contributed by atoms with van der Waals surface area (Å²) in [6.07, 6.45) is 0.329. The highest BCUT2D eigenvalue weighted by Crippen LogP contribution is 2.48. The van der Waals surface area contributed by atoms with Crippen molar-refractivity contribution in [2.24, 2.45) is 5.92 Å². The Labute approximate surface area is 176 Å². The second kappa shape index (κ2) is 8.48. The molecule has 3 rings (SSSR count). The second-order valence-corrected chi connectivity index (χ2v) is 9.03. The van der Waals surface area contributed by atoms with E-state index in [1.807, 2.05) is 0 Å². The Morgan fingerprint density at radius 3 is 2.28 bits per heavy atom. The third-order valence-electron chi connectivity index (χ3n) is 7.06. The minimum absolute atomic E-state index is 0.0670. The van der Waals surface area contributed by atoms with Gasteiger partial charge in [-0.05, 0) is 38.0 Å². The Balaban J connectivity index is 1.79. The van der Waals surface area contributed by atoms with Crippen molar-refractivity contribution in [3.05, 3.63) is 34.9 Å². The molecule has 162 valence electrons. The van der Waals surface area contributed by atoms with Crippen molar-refractivity contribution in [2.45, 2.75) is 63.6 Å². The minimum Gasteiger partial charge on any atom is -0.460 e. The number of halogens is 3. The first-order chi connectivity index (χ1) is 13.6. The van der Waals surface area contributed by atoms with Crippen molar-refractivity contribution in [1.82, 2.24) is 0 Å². The summed E-state index contributed by atoms with van der Waals surface area (Å²) < 4.78 is 34.5. The highest BCUT2D eigenvalue weighted by Gasteiger charge is 2.55. The van der Waals surface area contributed by atoms with Crippen molar-refractivity contribution in [3.63, 3.8) is 0 Å². The van der Waals surface area contributed by atoms with Crippen molar-refractivity contribution in [2.75, 3.05) is 26.2 Å². The third kappa shape index (κ3) is 4.59. The summed E-state index contributed by atoms with van der Waals surface area (Å²) in [5.74, 6) is -4.59. The molecule has 0 radical (unpaired) electrons. The maximum atomic E-state index is 13.9. The average molecular weight is 431 g/mol. The number of carbonyl (C=O) groups excluding carboxylic acids is 1. The van der Waals surface area contributed by atoms with Crippen molar-refractivity contribution >= 4 is 17.6 Å². The summed E-state index contributed by atoms with van der Waals surface area (Å²) in [6, 6.07) is 6.16. The number of rotatable bonds is 6. The number of hydrogen-bond acceptors (Lipinski definition) is 3. The zero-order valence-electron chi connectivity index (χ0n) is 17.2. The van der Waals surface area contributed by atoms with Gasteiger partial charge in [0, 0.05) is 36.6 Å². The summed E-state index contributed by atoms with van der Waals surface area (Å²) in [6.45, 7) is 8.20. The molecular formula is C22H31ClF2NO3+. The number of esters is 1. The lowest BCUT2D eigenvalue weighted by Gasteiger charge is -2.43. The summed E-state index contributed by atoms with van der Waals surface area (Å²) in [5.41, 5.74) is -1.83. The third-order valence-corrected chi connectivity index (χ3v) is 7.31. The lowest BCUT2D eigenvalue weighted by molar-refractivity contribution is -0.930. The van der Waals surface area contributed by atoms with E-state index >= 15 is 0 Å². The first kappa shape index (κ1) is 22.4.